The first kappa shape index (κ1) is 11.5. The number of hydrogen-bond donors (Lipinski definition) is 0. The highest BCUT2D eigenvalue weighted by Gasteiger charge is 1.97. The molecule has 0 unspecified atom stereocenters. The molecule has 1 aromatic heterocycles. The Morgan fingerprint density at radius 1 is 1.24 bits per heavy atom. The van der Waals surface area contributed by atoms with Gasteiger partial charge in [0.25, 0.3) is 0 Å². The fourth-order valence-corrected chi connectivity index (χ4v) is 1.51. The van der Waals surface area contributed by atoms with Crippen LogP contribution in [-0.4, -0.2) is 22.8 Å². The summed E-state index contributed by atoms with van der Waals surface area (Å²) in [5.74, 6) is 1.67. The first-order valence-electron chi connectivity index (χ1n) is 5.70. The number of benzene rings is 1. The van der Waals surface area contributed by atoms with Crippen LogP contribution in [0.5, 0.6) is 11.5 Å². The van der Waals surface area contributed by atoms with Crippen molar-refractivity contribution in [3.8, 4) is 11.5 Å². The Balaban J connectivity index is 1.84. The van der Waals surface area contributed by atoms with Crippen LogP contribution >= 0.6 is 0 Å². The van der Waals surface area contributed by atoms with Gasteiger partial charge in [0.15, 0.2) is 0 Å². The van der Waals surface area contributed by atoms with Crippen molar-refractivity contribution in [3.05, 3.63) is 43.0 Å². The Hall–Kier alpha value is -1.97. The molecule has 2 aromatic rings. The number of rotatable bonds is 6. The molecule has 2 rings (SSSR count). The second-order valence-corrected chi connectivity index (χ2v) is 3.56. The Morgan fingerprint density at radius 2 is 2.06 bits per heavy atom. The molecule has 0 amide bonds. The molecular weight excluding hydrogens is 216 g/mol. The van der Waals surface area contributed by atoms with E-state index in [0.29, 0.717) is 13.2 Å². The van der Waals surface area contributed by atoms with Crippen molar-refractivity contribution >= 4 is 0 Å². The zero-order valence-electron chi connectivity index (χ0n) is 9.87. The van der Waals surface area contributed by atoms with Crippen LogP contribution in [0, 0.1) is 0 Å². The Morgan fingerprint density at radius 3 is 2.76 bits per heavy atom. The number of nitrogens with zero attached hydrogens (tertiary/aromatic N) is 2. The number of imidazole rings is 1. The third-order valence-corrected chi connectivity index (χ3v) is 2.29. The van der Waals surface area contributed by atoms with E-state index in [1.54, 1.807) is 12.5 Å². The van der Waals surface area contributed by atoms with E-state index in [1.165, 1.54) is 0 Å². The summed E-state index contributed by atoms with van der Waals surface area (Å²) in [4.78, 5) is 3.97. The highest BCUT2D eigenvalue weighted by Crippen LogP contribution is 2.19. The van der Waals surface area contributed by atoms with Crippen LogP contribution in [-0.2, 0) is 6.54 Å². The van der Waals surface area contributed by atoms with Gasteiger partial charge in [-0.15, -0.1) is 0 Å². The van der Waals surface area contributed by atoms with Gasteiger partial charge in [-0.25, -0.2) is 4.98 Å². The van der Waals surface area contributed by atoms with Crippen molar-refractivity contribution in [2.45, 2.75) is 13.5 Å². The third-order valence-electron chi connectivity index (χ3n) is 2.29. The monoisotopic (exact) mass is 232 g/mol. The van der Waals surface area contributed by atoms with Crippen molar-refractivity contribution in [1.82, 2.24) is 9.55 Å². The van der Waals surface area contributed by atoms with Gasteiger partial charge in [0.2, 0.25) is 0 Å². The summed E-state index contributed by atoms with van der Waals surface area (Å²) in [7, 11) is 0. The molecule has 90 valence electrons. The second-order valence-electron chi connectivity index (χ2n) is 3.56. The fraction of sp³-hybridized carbons (Fsp3) is 0.308. The van der Waals surface area contributed by atoms with Crippen molar-refractivity contribution in [2.75, 3.05) is 13.2 Å². The predicted octanol–water partition coefficient (Wildman–Crippen LogP) is 2.36. The lowest BCUT2D eigenvalue weighted by atomic mass is 10.3. The summed E-state index contributed by atoms with van der Waals surface area (Å²) in [5, 5.41) is 0. The maximum atomic E-state index is 5.64. The topological polar surface area (TPSA) is 36.3 Å². The van der Waals surface area contributed by atoms with E-state index in [4.69, 9.17) is 9.47 Å². The minimum absolute atomic E-state index is 0.617. The van der Waals surface area contributed by atoms with Gasteiger partial charge < -0.3 is 14.0 Å². The van der Waals surface area contributed by atoms with Crippen LogP contribution in [0.4, 0.5) is 0 Å². The fourth-order valence-electron chi connectivity index (χ4n) is 1.51. The highest BCUT2D eigenvalue weighted by atomic mass is 16.5. The van der Waals surface area contributed by atoms with Gasteiger partial charge in [0.05, 0.1) is 19.5 Å². The number of aromatic nitrogens is 2. The third kappa shape index (κ3) is 3.52. The van der Waals surface area contributed by atoms with Crippen molar-refractivity contribution in [1.29, 1.82) is 0 Å². The molecule has 0 N–H and O–H groups in total. The van der Waals surface area contributed by atoms with E-state index < -0.39 is 0 Å². The molecule has 1 heterocycles. The summed E-state index contributed by atoms with van der Waals surface area (Å²) in [6.45, 7) is 4.04. The van der Waals surface area contributed by atoms with E-state index in [-0.39, 0.29) is 0 Å². The molecular formula is C13H16N2O2. The summed E-state index contributed by atoms with van der Waals surface area (Å²) in [5.41, 5.74) is 0. The van der Waals surface area contributed by atoms with Gasteiger partial charge in [0, 0.05) is 18.5 Å². The molecule has 0 spiro atoms. The van der Waals surface area contributed by atoms with Gasteiger partial charge in [-0.05, 0) is 19.1 Å². The molecule has 0 saturated carbocycles. The molecule has 4 nitrogen and oxygen atoms in total. The first-order chi connectivity index (χ1) is 8.38. The molecule has 1 aromatic carbocycles. The largest absolute Gasteiger partial charge is 0.494 e. The maximum absolute atomic E-state index is 5.64. The molecule has 0 aliphatic carbocycles. The van der Waals surface area contributed by atoms with E-state index in [2.05, 4.69) is 4.98 Å². The van der Waals surface area contributed by atoms with Gasteiger partial charge in [-0.3, -0.25) is 0 Å². The van der Waals surface area contributed by atoms with E-state index >= 15 is 0 Å². The van der Waals surface area contributed by atoms with Crippen LogP contribution in [0.15, 0.2) is 43.0 Å². The quantitative estimate of drug-likeness (QED) is 0.767. The molecule has 0 bridgehead atoms. The SMILES string of the molecule is CCOc1cccc(OCCn2ccnc2)c1. The molecule has 0 saturated heterocycles. The zero-order valence-corrected chi connectivity index (χ0v) is 9.87. The lowest BCUT2D eigenvalue weighted by molar-refractivity contribution is 0.293. The van der Waals surface area contributed by atoms with E-state index in [9.17, 15) is 0 Å². The van der Waals surface area contributed by atoms with Crippen LogP contribution in [0.2, 0.25) is 0 Å². The Labute approximate surface area is 101 Å². The van der Waals surface area contributed by atoms with Crippen molar-refractivity contribution < 1.29 is 9.47 Å². The summed E-state index contributed by atoms with van der Waals surface area (Å²) in [6, 6.07) is 7.68. The molecule has 0 aliphatic rings. The van der Waals surface area contributed by atoms with Crippen LogP contribution in [0.25, 0.3) is 0 Å². The Kier molecular flexibility index (Phi) is 4.02. The van der Waals surface area contributed by atoms with Crippen LogP contribution in [0.3, 0.4) is 0 Å². The van der Waals surface area contributed by atoms with Crippen LogP contribution < -0.4 is 9.47 Å². The summed E-state index contributed by atoms with van der Waals surface area (Å²) in [6.07, 6.45) is 5.45. The zero-order chi connectivity index (χ0) is 11.9. The van der Waals surface area contributed by atoms with E-state index in [0.717, 1.165) is 18.0 Å². The average molecular weight is 232 g/mol. The molecule has 17 heavy (non-hydrogen) atoms. The van der Waals surface area contributed by atoms with Gasteiger partial charge in [0.1, 0.15) is 18.1 Å². The van der Waals surface area contributed by atoms with Gasteiger partial charge in [-0.2, -0.15) is 0 Å². The maximum Gasteiger partial charge on any atom is 0.123 e. The highest BCUT2D eigenvalue weighted by molar-refractivity contribution is 5.32. The molecule has 0 radical (unpaired) electrons. The predicted molar refractivity (Wildman–Crippen MR) is 65.3 cm³/mol. The minimum Gasteiger partial charge on any atom is -0.494 e. The average Bonchev–Trinajstić information content (AvgIpc) is 2.83. The molecule has 0 aliphatic heterocycles. The van der Waals surface area contributed by atoms with Gasteiger partial charge in [-0.1, -0.05) is 6.07 Å². The Bertz CT molecular complexity index is 440. The first-order valence-corrected chi connectivity index (χ1v) is 5.70. The number of hydrogen-bond acceptors (Lipinski definition) is 3. The lowest BCUT2D eigenvalue weighted by Crippen LogP contribution is -2.06. The van der Waals surface area contributed by atoms with Crippen molar-refractivity contribution in [3.63, 3.8) is 0 Å². The molecule has 0 atom stereocenters. The molecule has 4 heteroatoms. The van der Waals surface area contributed by atoms with E-state index in [1.807, 2.05) is 42.0 Å². The second kappa shape index (κ2) is 5.94. The summed E-state index contributed by atoms with van der Waals surface area (Å²) < 4.78 is 13.0. The normalized spacial score (nSPS) is 10.2. The number of ether oxygens (including phenoxy) is 2. The van der Waals surface area contributed by atoms with Gasteiger partial charge >= 0.3 is 0 Å². The van der Waals surface area contributed by atoms with Crippen molar-refractivity contribution in [2.24, 2.45) is 0 Å². The van der Waals surface area contributed by atoms with Crippen LogP contribution in [0.1, 0.15) is 6.92 Å². The molecule has 0 fully saturated rings. The standard InChI is InChI=1S/C13H16N2O2/c1-2-16-12-4-3-5-13(10-12)17-9-8-15-7-6-14-11-15/h3-7,10-11H,2,8-9H2,1H3. The smallest absolute Gasteiger partial charge is 0.123 e. The summed E-state index contributed by atoms with van der Waals surface area (Å²) >= 11 is 0. The minimum atomic E-state index is 0.617. The lowest BCUT2D eigenvalue weighted by Gasteiger charge is -2.08.